The topological polar surface area (TPSA) is 66.9 Å². The standard InChI is InChI=1S/C17H26N2O4S/c1-18(14-8-5-4-6-9-14)17(20)13-19(24(3,21)22)15-10-7-11-16(12-15)23-2/h7,10-12,14H,4-6,8-9,13H2,1-3H3. The van der Waals surface area contributed by atoms with Crippen LogP contribution in [0, 0.1) is 0 Å². The third kappa shape index (κ3) is 4.63. The van der Waals surface area contributed by atoms with E-state index in [1.165, 1.54) is 13.5 Å². The van der Waals surface area contributed by atoms with Crippen LogP contribution in [-0.4, -0.2) is 52.2 Å². The van der Waals surface area contributed by atoms with Gasteiger partial charge in [0.1, 0.15) is 12.3 Å². The van der Waals surface area contributed by atoms with Gasteiger partial charge in [0, 0.05) is 19.2 Å². The van der Waals surface area contributed by atoms with Gasteiger partial charge in [0.25, 0.3) is 0 Å². The van der Waals surface area contributed by atoms with Crippen LogP contribution in [0.2, 0.25) is 0 Å². The predicted octanol–water partition coefficient (Wildman–Crippen LogP) is 2.25. The van der Waals surface area contributed by atoms with Gasteiger partial charge in [-0.3, -0.25) is 9.10 Å². The Morgan fingerprint density at radius 1 is 1.25 bits per heavy atom. The molecule has 2 rings (SSSR count). The Morgan fingerprint density at radius 2 is 1.92 bits per heavy atom. The lowest BCUT2D eigenvalue weighted by atomic mass is 9.94. The SMILES string of the molecule is COc1cccc(N(CC(=O)N(C)C2CCCCC2)S(C)(=O)=O)c1. The molecule has 0 aromatic heterocycles. The number of sulfonamides is 1. The average molecular weight is 354 g/mol. The number of carbonyl (C=O) groups excluding carboxylic acids is 1. The highest BCUT2D eigenvalue weighted by atomic mass is 32.2. The van der Waals surface area contributed by atoms with Crippen molar-refractivity contribution in [3.63, 3.8) is 0 Å². The van der Waals surface area contributed by atoms with E-state index in [0.29, 0.717) is 11.4 Å². The minimum Gasteiger partial charge on any atom is -0.497 e. The van der Waals surface area contributed by atoms with Gasteiger partial charge in [0.05, 0.1) is 19.1 Å². The first-order valence-electron chi connectivity index (χ1n) is 8.20. The normalized spacial score (nSPS) is 15.8. The molecule has 1 amide bonds. The molecule has 1 aromatic carbocycles. The quantitative estimate of drug-likeness (QED) is 0.786. The largest absolute Gasteiger partial charge is 0.497 e. The molecule has 1 aliphatic rings. The monoisotopic (exact) mass is 354 g/mol. The van der Waals surface area contributed by atoms with Crippen LogP contribution in [0.1, 0.15) is 32.1 Å². The fourth-order valence-electron chi connectivity index (χ4n) is 3.07. The maximum absolute atomic E-state index is 12.6. The zero-order valence-electron chi connectivity index (χ0n) is 14.6. The number of anilines is 1. The second kappa shape index (κ2) is 7.88. The second-order valence-corrected chi connectivity index (χ2v) is 8.17. The van der Waals surface area contributed by atoms with Crippen molar-refractivity contribution < 1.29 is 17.9 Å². The minimum absolute atomic E-state index is 0.185. The van der Waals surface area contributed by atoms with Crippen LogP contribution in [0.15, 0.2) is 24.3 Å². The Labute approximate surface area is 144 Å². The summed E-state index contributed by atoms with van der Waals surface area (Å²) in [5.41, 5.74) is 0.433. The van der Waals surface area contributed by atoms with Gasteiger partial charge in [0.15, 0.2) is 0 Å². The molecule has 1 saturated carbocycles. The molecule has 24 heavy (non-hydrogen) atoms. The van der Waals surface area contributed by atoms with Crippen molar-refractivity contribution in [2.45, 2.75) is 38.1 Å². The van der Waals surface area contributed by atoms with Crippen LogP contribution in [0.4, 0.5) is 5.69 Å². The summed E-state index contributed by atoms with van der Waals surface area (Å²) in [6.45, 7) is -0.195. The summed E-state index contributed by atoms with van der Waals surface area (Å²) >= 11 is 0. The molecule has 0 spiro atoms. The van der Waals surface area contributed by atoms with Crippen LogP contribution < -0.4 is 9.04 Å². The van der Waals surface area contributed by atoms with E-state index in [1.54, 1.807) is 36.2 Å². The summed E-state index contributed by atoms with van der Waals surface area (Å²) in [6.07, 6.45) is 6.53. The van der Waals surface area contributed by atoms with E-state index in [9.17, 15) is 13.2 Å². The van der Waals surface area contributed by atoms with E-state index in [2.05, 4.69) is 0 Å². The molecule has 7 heteroatoms. The van der Waals surface area contributed by atoms with Gasteiger partial charge in [-0.05, 0) is 25.0 Å². The molecule has 0 N–H and O–H groups in total. The van der Waals surface area contributed by atoms with E-state index in [0.717, 1.165) is 36.2 Å². The molecule has 134 valence electrons. The highest BCUT2D eigenvalue weighted by Crippen LogP contribution is 2.25. The van der Waals surface area contributed by atoms with E-state index in [4.69, 9.17) is 4.74 Å². The predicted molar refractivity (Wildman–Crippen MR) is 94.8 cm³/mol. The Morgan fingerprint density at radius 3 is 2.50 bits per heavy atom. The number of hydrogen-bond acceptors (Lipinski definition) is 4. The number of hydrogen-bond donors (Lipinski definition) is 0. The smallest absolute Gasteiger partial charge is 0.243 e. The van der Waals surface area contributed by atoms with Crippen molar-refractivity contribution in [1.82, 2.24) is 4.90 Å². The summed E-state index contributed by atoms with van der Waals surface area (Å²) in [7, 11) is -0.284. The number of methoxy groups -OCH3 is 1. The molecule has 0 atom stereocenters. The van der Waals surface area contributed by atoms with Gasteiger partial charge in [-0.2, -0.15) is 0 Å². The van der Waals surface area contributed by atoms with E-state index >= 15 is 0 Å². The van der Waals surface area contributed by atoms with Crippen molar-refractivity contribution in [3.8, 4) is 5.75 Å². The van der Waals surface area contributed by atoms with Crippen molar-refractivity contribution in [1.29, 1.82) is 0 Å². The summed E-state index contributed by atoms with van der Waals surface area (Å²) < 4.78 is 30.6. The molecule has 0 bridgehead atoms. The molecule has 1 fully saturated rings. The minimum atomic E-state index is -3.57. The van der Waals surface area contributed by atoms with Crippen molar-refractivity contribution >= 4 is 21.6 Å². The number of benzene rings is 1. The Kier molecular flexibility index (Phi) is 6.10. The second-order valence-electron chi connectivity index (χ2n) is 6.27. The van der Waals surface area contributed by atoms with Crippen molar-refractivity contribution in [2.75, 3.05) is 31.3 Å². The first-order chi connectivity index (χ1) is 11.3. The number of ether oxygens (including phenoxy) is 1. The molecule has 1 aliphatic carbocycles. The lowest BCUT2D eigenvalue weighted by Crippen LogP contribution is -2.45. The van der Waals surface area contributed by atoms with Crippen molar-refractivity contribution in [2.24, 2.45) is 0 Å². The zero-order chi connectivity index (χ0) is 17.7. The first-order valence-corrected chi connectivity index (χ1v) is 10.0. The van der Waals surface area contributed by atoms with Gasteiger partial charge in [-0.15, -0.1) is 0 Å². The number of carbonyl (C=O) groups is 1. The molecule has 0 radical (unpaired) electrons. The third-order valence-electron chi connectivity index (χ3n) is 4.54. The third-order valence-corrected chi connectivity index (χ3v) is 5.68. The Balaban J connectivity index is 2.18. The number of amides is 1. The zero-order valence-corrected chi connectivity index (χ0v) is 15.4. The summed E-state index contributed by atoms with van der Waals surface area (Å²) in [4.78, 5) is 14.3. The van der Waals surface area contributed by atoms with Crippen LogP contribution in [0.3, 0.4) is 0 Å². The number of likely N-dealkylation sites (N-methyl/N-ethyl adjacent to an activating group) is 1. The average Bonchev–Trinajstić information content (AvgIpc) is 2.58. The molecule has 0 aliphatic heterocycles. The van der Waals surface area contributed by atoms with Gasteiger partial charge < -0.3 is 9.64 Å². The van der Waals surface area contributed by atoms with Gasteiger partial charge in [-0.25, -0.2) is 8.42 Å². The molecule has 0 saturated heterocycles. The summed E-state index contributed by atoms with van der Waals surface area (Å²) in [5.74, 6) is 0.365. The number of nitrogens with zero attached hydrogens (tertiary/aromatic N) is 2. The fraction of sp³-hybridized carbons (Fsp3) is 0.588. The van der Waals surface area contributed by atoms with Crippen molar-refractivity contribution in [3.05, 3.63) is 24.3 Å². The number of rotatable bonds is 6. The van der Waals surface area contributed by atoms with E-state index in [1.807, 2.05) is 0 Å². The molecular weight excluding hydrogens is 328 g/mol. The highest BCUT2D eigenvalue weighted by Gasteiger charge is 2.27. The Hall–Kier alpha value is -1.76. The van der Waals surface area contributed by atoms with Crippen LogP contribution in [0.25, 0.3) is 0 Å². The Bertz CT molecular complexity index is 669. The van der Waals surface area contributed by atoms with Crippen LogP contribution >= 0.6 is 0 Å². The van der Waals surface area contributed by atoms with E-state index < -0.39 is 10.0 Å². The summed E-state index contributed by atoms with van der Waals surface area (Å²) in [6, 6.07) is 6.94. The molecule has 0 unspecified atom stereocenters. The van der Waals surface area contributed by atoms with Crippen LogP contribution in [0.5, 0.6) is 5.75 Å². The maximum atomic E-state index is 12.6. The summed E-state index contributed by atoms with van der Waals surface area (Å²) in [5, 5.41) is 0. The molecule has 1 aromatic rings. The molecule has 0 heterocycles. The van der Waals surface area contributed by atoms with E-state index in [-0.39, 0.29) is 18.5 Å². The maximum Gasteiger partial charge on any atom is 0.243 e. The fourth-order valence-corrected chi connectivity index (χ4v) is 3.91. The molecular formula is C17H26N2O4S. The lowest BCUT2D eigenvalue weighted by molar-refractivity contribution is -0.130. The van der Waals surface area contributed by atoms with Gasteiger partial charge >= 0.3 is 0 Å². The lowest BCUT2D eigenvalue weighted by Gasteiger charge is -2.33. The van der Waals surface area contributed by atoms with Gasteiger partial charge in [-0.1, -0.05) is 25.3 Å². The van der Waals surface area contributed by atoms with Gasteiger partial charge in [0.2, 0.25) is 15.9 Å². The first kappa shape index (κ1) is 18.6. The molecule has 6 nitrogen and oxygen atoms in total. The highest BCUT2D eigenvalue weighted by molar-refractivity contribution is 7.92. The van der Waals surface area contributed by atoms with Crippen LogP contribution in [-0.2, 0) is 14.8 Å².